The van der Waals surface area contributed by atoms with Crippen LogP contribution < -0.4 is 0 Å². The smallest absolute Gasteiger partial charge is 0.311 e. The molecule has 0 fully saturated rings. The fraction of sp³-hybridized carbons (Fsp3) is 0.182. The van der Waals surface area contributed by atoms with Crippen molar-refractivity contribution in [2.24, 2.45) is 0 Å². The number of hydrogen-bond donors (Lipinski definition) is 1. The highest BCUT2D eigenvalue weighted by molar-refractivity contribution is 5.68. The van der Waals surface area contributed by atoms with Gasteiger partial charge in [-0.3, -0.25) is 4.79 Å². The fourth-order valence-corrected chi connectivity index (χ4v) is 1.34. The highest BCUT2D eigenvalue weighted by atomic mass is 16.5. The van der Waals surface area contributed by atoms with Crippen molar-refractivity contribution in [1.29, 1.82) is 0 Å². The van der Waals surface area contributed by atoms with E-state index in [2.05, 4.69) is 10.1 Å². The quantitative estimate of drug-likeness (QED) is 0.836. The van der Waals surface area contributed by atoms with Gasteiger partial charge in [0.1, 0.15) is 6.42 Å². The second-order valence-electron chi connectivity index (χ2n) is 3.34. The molecule has 0 radical (unpaired) electrons. The molecule has 1 N–H and O–H groups in total. The molecule has 0 aliphatic heterocycles. The van der Waals surface area contributed by atoms with Crippen molar-refractivity contribution in [3.05, 3.63) is 47.6 Å². The third-order valence-corrected chi connectivity index (χ3v) is 2.02. The van der Waals surface area contributed by atoms with Crippen LogP contribution in [0.1, 0.15) is 17.3 Å². The molecule has 0 unspecified atom stereocenters. The number of carboxylic acid groups (broad SMARTS) is 1. The van der Waals surface area contributed by atoms with E-state index < -0.39 is 5.97 Å². The lowest BCUT2D eigenvalue weighted by Gasteiger charge is -1.93. The van der Waals surface area contributed by atoms with E-state index in [0.29, 0.717) is 12.3 Å². The summed E-state index contributed by atoms with van der Waals surface area (Å²) in [6, 6.07) is 9.66. The predicted molar refractivity (Wildman–Crippen MR) is 54.9 cm³/mol. The summed E-state index contributed by atoms with van der Waals surface area (Å²) in [6.07, 6.45) is 0.311. The summed E-state index contributed by atoms with van der Waals surface area (Å²) in [6.45, 7) is 0. The minimum Gasteiger partial charge on any atom is -0.481 e. The lowest BCUT2D eigenvalue weighted by Crippen LogP contribution is -2.01. The molecular weight excluding hydrogens is 208 g/mol. The lowest BCUT2D eigenvalue weighted by molar-refractivity contribution is -0.136. The molecule has 5 heteroatoms. The average Bonchev–Trinajstić information content (AvgIpc) is 2.66. The Labute approximate surface area is 91.7 Å². The Hall–Kier alpha value is -2.17. The van der Waals surface area contributed by atoms with Gasteiger partial charge in [-0.2, -0.15) is 4.98 Å². The molecular formula is C11H10N2O3. The van der Waals surface area contributed by atoms with E-state index >= 15 is 0 Å². The molecule has 82 valence electrons. The molecule has 0 saturated heterocycles. The van der Waals surface area contributed by atoms with Gasteiger partial charge in [0.15, 0.2) is 5.82 Å². The van der Waals surface area contributed by atoms with Crippen LogP contribution in [0.4, 0.5) is 0 Å². The summed E-state index contributed by atoms with van der Waals surface area (Å²) in [7, 11) is 0. The summed E-state index contributed by atoms with van der Waals surface area (Å²) in [4.78, 5) is 14.4. The minimum atomic E-state index is -0.966. The molecule has 16 heavy (non-hydrogen) atoms. The Morgan fingerprint density at radius 2 is 2.06 bits per heavy atom. The Morgan fingerprint density at radius 3 is 2.75 bits per heavy atom. The maximum absolute atomic E-state index is 10.4. The molecule has 0 spiro atoms. The van der Waals surface area contributed by atoms with Gasteiger partial charge in [-0.05, 0) is 5.56 Å². The Kier molecular flexibility index (Phi) is 2.95. The van der Waals surface area contributed by atoms with Crippen LogP contribution in [-0.4, -0.2) is 21.2 Å². The Bertz CT molecular complexity index is 479. The largest absolute Gasteiger partial charge is 0.481 e. The first kappa shape index (κ1) is 10.4. The first-order valence-electron chi connectivity index (χ1n) is 4.81. The van der Waals surface area contributed by atoms with Crippen molar-refractivity contribution >= 4 is 5.97 Å². The topological polar surface area (TPSA) is 76.2 Å². The van der Waals surface area contributed by atoms with Gasteiger partial charge in [0.25, 0.3) is 0 Å². The summed E-state index contributed by atoms with van der Waals surface area (Å²) >= 11 is 0. The van der Waals surface area contributed by atoms with E-state index in [9.17, 15) is 4.79 Å². The van der Waals surface area contributed by atoms with Gasteiger partial charge in [0.2, 0.25) is 5.89 Å². The number of carboxylic acids is 1. The van der Waals surface area contributed by atoms with Gasteiger partial charge in [-0.15, -0.1) is 0 Å². The summed E-state index contributed by atoms with van der Waals surface area (Å²) in [5.41, 5.74) is 1.05. The standard InChI is InChI=1S/C11H10N2O3/c14-11(15)7-9-12-10(16-13-9)6-8-4-2-1-3-5-8/h1-5H,6-7H2,(H,14,15). The minimum absolute atomic E-state index is 0.207. The van der Waals surface area contributed by atoms with Crippen molar-refractivity contribution in [2.75, 3.05) is 0 Å². The zero-order chi connectivity index (χ0) is 11.4. The molecule has 0 amide bonds. The molecule has 0 aliphatic carbocycles. The van der Waals surface area contributed by atoms with Crippen molar-refractivity contribution in [3.63, 3.8) is 0 Å². The van der Waals surface area contributed by atoms with Crippen LogP contribution in [0.3, 0.4) is 0 Å². The zero-order valence-electron chi connectivity index (χ0n) is 8.46. The summed E-state index contributed by atoms with van der Waals surface area (Å²) in [5, 5.41) is 12.1. The Balaban J connectivity index is 2.06. The normalized spacial score (nSPS) is 10.2. The summed E-state index contributed by atoms with van der Waals surface area (Å²) < 4.78 is 4.95. The van der Waals surface area contributed by atoms with Gasteiger partial charge < -0.3 is 9.63 Å². The first-order valence-corrected chi connectivity index (χ1v) is 4.81. The first-order chi connectivity index (χ1) is 7.74. The van der Waals surface area contributed by atoms with Crippen LogP contribution in [0.25, 0.3) is 0 Å². The van der Waals surface area contributed by atoms with E-state index in [1.54, 1.807) is 0 Å². The number of benzene rings is 1. The van der Waals surface area contributed by atoms with Crippen LogP contribution in [0.5, 0.6) is 0 Å². The number of nitrogens with zero attached hydrogens (tertiary/aromatic N) is 2. The van der Waals surface area contributed by atoms with E-state index in [1.807, 2.05) is 30.3 Å². The highest BCUT2D eigenvalue weighted by Crippen LogP contribution is 2.07. The van der Waals surface area contributed by atoms with Gasteiger partial charge >= 0.3 is 5.97 Å². The van der Waals surface area contributed by atoms with Gasteiger partial charge in [0.05, 0.1) is 6.42 Å². The van der Waals surface area contributed by atoms with Crippen LogP contribution in [0.2, 0.25) is 0 Å². The molecule has 2 aromatic rings. The van der Waals surface area contributed by atoms with Gasteiger partial charge in [-0.25, -0.2) is 0 Å². The second kappa shape index (κ2) is 4.57. The second-order valence-corrected chi connectivity index (χ2v) is 3.34. The zero-order valence-corrected chi connectivity index (χ0v) is 8.46. The van der Waals surface area contributed by atoms with Crippen molar-refractivity contribution in [3.8, 4) is 0 Å². The van der Waals surface area contributed by atoms with Crippen LogP contribution in [-0.2, 0) is 17.6 Å². The van der Waals surface area contributed by atoms with Crippen molar-refractivity contribution in [2.45, 2.75) is 12.8 Å². The molecule has 5 nitrogen and oxygen atoms in total. The molecule has 0 atom stereocenters. The van der Waals surface area contributed by atoms with Gasteiger partial charge in [0, 0.05) is 0 Å². The molecule has 0 saturated carbocycles. The monoisotopic (exact) mass is 218 g/mol. The molecule has 1 heterocycles. The molecule has 0 aliphatic rings. The van der Waals surface area contributed by atoms with E-state index in [-0.39, 0.29) is 12.2 Å². The predicted octanol–water partition coefficient (Wildman–Crippen LogP) is 1.29. The number of rotatable bonds is 4. The lowest BCUT2D eigenvalue weighted by atomic mass is 10.1. The molecule has 1 aromatic carbocycles. The molecule has 0 bridgehead atoms. The maximum atomic E-state index is 10.4. The molecule has 2 rings (SSSR count). The number of aromatic nitrogens is 2. The number of hydrogen-bond acceptors (Lipinski definition) is 4. The number of aliphatic carboxylic acids is 1. The van der Waals surface area contributed by atoms with Crippen molar-refractivity contribution < 1.29 is 14.4 Å². The van der Waals surface area contributed by atoms with Crippen LogP contribution >= 0.6 is 0 Å². The van der Waals surface area contributed by atoms with E-state index in [0.717, 1.165) is 5.56 Å². The maximum Gasteiger partial charge on any atom is 0.311 e. The highest BCUT2D eigenvalue weighted by Gasteiger charge is 2.09. The van der Waals surface area contributed by atoms with E-state index in [1.165, 1.54) is 0 Å². The van der Waals surface area contributed by atoms with Gasteiger partial charge in [-0.1, -0.05) is 35.5 Å². The third-order valence-electron chi connectivity index (χ3n) is 2.02. The van der Waals surface area contributed by atoms with Crippen LogP contribution in [0, 0.1) is 0 Å². The van der Waals surface area contributed by atoms with E-state index in [4.69, 9.17) is 9.63 Å². The SMILES string of the molecule is O=C(O)Cc1noc(Cc2ccccc2)n1. The molecule has 1 aromatic heterocycles. The average molecular weight is 218 g/mol. The van der Waals surface area contributed by atoms with Crippen LogP contribution in [0.15, 0.2) is 34.9 Å². The number of carbonyl (C=O) groups is 1. The third kappa shape index (κ3) is 2.66. The van der Waals surface area contributed by atoms with Crippen molar-refractivity contribution in [1.82, 2.24) is 10.1 Å². The summed E-state index contributed by atoms with van der Waals surface area (Å²) in [5.74, 6) is -0.326. The Morgan fingerprint density at radius 1 is 1.31 bits per heavy atom. The fourth-order valence-electron chi connectivity index (χ4n) is 1.34.